The van der Waals surface area contributed by atoms with E-state index in [1.165, 1.54) is 19.2 Å². The van der Waals surface area contributed by atoms with Crippen molar-refractivity contribution < 1.29 is 17.6 Å². The molecule has 0 radical (unpaired) electrons. The first-order chi connectivity index (χ1) is 10.9. The van der Waals surface area contributed by atoms with Gasteiger partial charge in [0.15, 0.2) is 11.5 Å². The average Bonchev–Trinajstić information content (AvgIpc) is 2.86. The van der Waals surface area contributed by atoms with Crippen LogP contribution in [0.25, 0.3) is 11.1 Å². The number of sulfonamides is 1. The molecule has 1 heterocycles. The van der Waals surface area contributed by atoms with Crippen LogP contribution in [-0.2, 0) is 10.0 Å². The maximum Gasteiger partial charge on any atom is 0.262 e. The molecule has 0 bridgehead atoms. The highest BCUT2D eigenvalue weighted by Crippen LogP contribution is 2.28. The molecule has 0 unspecified atom stereocenters. The lowest BCUT2D eigenvalue weighted by Gasteiger charge is -2.12. The van der Waals surface area contributed by atoms with Gasteiger partial charge in [-0.3, -0.25) is 4.72 Å². The van der Waals surface area contributed by atoms with E-state index in [1.807, 2.05) is 13.0 Å². The second kappa shape index (κ2) is 5.58. The summed E-state index contributed by atoms with van der Waals surface area (Å²) in [5, 5.41) is 0. The van der Waals surface area contributed by atoms with Gasteiger partial charge in [0.1, 0.15) is 11.3 Å². The fourth-order valence-corrected chi connectivity index (χ4v) is 3.38. The summed E-state index contributed by atoms with van der Waals surface area (Å²) in [6.07, 6.45) is 0. The predicted octanol–water partition coefficient (Wildman–Crippen LogP) is 3.25. The summed E-state index contributed by atoms with van der Waals surface area (Å²) < 4.78 is 38.3. The SMILES string of the molecule is COc1ccc(C)cc1NS(=O)(=O)c1ccc2oc(C)nc2c1. The molecular formula is C16H16N2O4S. The van der Waals surface area contributed by atoms with Gasteiger partial charge >= 0.3 is 0 Å². The largest absolute Gasteiger partial charge is 0.495 e. The van der Waals surface area contributed by atoms with Crippen molar-refractivity contribution in [1.29, 1.82) is 0 Å². The number of nitrogens with zero attached hydrogens (tertiary/aromatic N) is 1. The maximum absolute atomic E-state index is 12.6. The second-order valence-corrected chi connectivity index (χ2v) is 6.85. The van der Waals surface area contributed by atoms with Gasteiger partial charge in [-0.1, -0.05) is 6.07 Å². The van der Waals surface area contributed by atoms with E-state index in [0.29, 0.717) is 28.4 Å². The van der Waals surface area contributed by atoms with Gasteiger partial charge in [-0.25, -0.2) is 13.4 Å². The van der Waals surface area contributed by atoms with Crippen LogP contribution in [0.15, 0.2) is 45.7 Å². The topological polar surface area (TPSA) is 81.4 Å². The van der Waals surface area contributed by atoms with E-state index < -0.39 is 10.0 Å². The zero-order valence-electron chi connectivity index (χ0n) is 13.0. The average molecular weight is 332 g/mol. The molecule has 3 rings (SSSR count). The number of nitrogens with one attached hydrogen (secondary N) is 1. The predicted molar refractivity (Wildman–Crippen MR) is 87.3 cm³/mol. The molecule has 0 amide bonds. The molecule has 23 heavy (non-hydrogen) atoms. The minimum Gasteiger partial charge on any atom is -0.495 e. The van der Waals surface area contributed by atoms with Crippen LogP contribution in [0.1, 0.15) is 11.5 Å². The van der Waals surface area contributed by atoms with Crippen LogP contribution in [0.2, 0.25) is 0 Å². The smallest absolute Gasteiger partial charge is 0.262 e. The molecule has 1 aromatic heterocycles. The van der Waals surface area contributed by atoms with Crippen molar-refractivity contribution in [1.82, 2.24) is 4.98 Å². The Kier molecular flexibility index (Phi) is 3.73. The fraction of sp³-hybridized carbons (Fsp3) is 0.188. The first-order valence-electron chi connectivity index (χ1n) is 6.94. The van der Waals surface area contributed by atoms with Gasteiger partial charge in [0.05, 0.1) is 17.7 Å². The van der Waals surface area contributed by atoms with Crippen molar-refractivity contribution in [3.8, 4) is 5.75 Å². The van der Waals surface area contributed by atoms with Gasteiger partial charge < -0.3 is 9.15 Å². The minimum atomic E-state index is -3.76. The van der Waals surface area contributed by atoms with Crippen LogP contribution in [0, 0.1) is 13.8 Å². The number of aryl methyl sites for hydroxylation is 2. The summed E-state index contributed by atoms with van der Waals surface area (Å²) in [5.41, 5.74) is 2.37. The number of hydrogen-bond donors (Lipinski definition) is 1. The highest BCUT2D eigenvalue weighted by molar-refractivity contribution is 7.92. The number of fused-ring (bicyclic) bond motifs is 1. The zero-order chi connectivity index (χ0) is 16.6. The maximum atomic E-state index is 12.6. The van der Waals surface area contributed by atoms with Crippen molar-refractivity contribution in [2.75, 3.05) is 11.8 Å². The highest BCUT2D eigenvalue weighted by atomic mass is 32.2. The number of hydrogen-bond acceptors (Lipinski definition) is 5. The lowest BCUT2D eigenvalue weighted by Crippen LogP contribution is -2.13. The van der Waals surface area contributed by atoms with Crippen molar-refractivity contribution in [3.63, 3.8) is 0 Å². The van der Waals surface area contributed by atoms with Crippen LogP contribution in [0.4, 0.5) is 5.69 Å². The van der Waals surface area contributed by atoms with Gasteiger partial charge in [0.25, 0.3) is 10.0 Å². The molecule has 0 saturated carbocycles. The van der Waals surface area contributed by atoms with Crippen LogP contribution in [0.5, 0.6) is 5.75 Å². The number of ether oxygens (including phenoxy) is 1. The summed E-state index contributed by atoms with van der Waals surface area (Å²) in [7, 11) is -2.26. The molecule has 0 spiro atoms. The van der Waals surface area contributed by atoms with Crippen LogP contribution in [0.3, 0.4) is 0 Å². The van der Waals surface area contributed by atoms with Gasteiger partial charge in [0, 0.05) is 6.92 Å². The van der Waals surface area contributed by atoms with Crippen molar-refractivity contribution in [2.24, 2.45) is 0 Å². The van der Waals surface area contributed by atoms with E-state index in [4.69, 9.17) is 9.15 Å². The summed E-state index contributed by atoms with van der Waals surface area (Å²) in [5.74, 6) is 0.945. The third-order valence-electron chi connectivity index (χ3n) is 3.38. The van der Waals surface area contributed by atoms with Gasteiger partial charge in [0.2, 0.25) is 0 Å². The molecule has 0 saturated heterocycles. The van der Waals surface area contributed by atoms with Crippen LogP contribution < -0.4 is 9.46 Å². The molecule has 2 aromatic carbocycles. The van der Waals surface area contributed by atoms with E-state index in [9.17, 15) is 8.42 Å². The monoisotopic (exact) mass is 332 g/mol. The lowest BCUT2D eigenvalue weighted by molar-refractivity contribution is 0.417. The molecule has 0 aliphatic carbocycles. The van der Waals surface area contributed by atoms with Crippen LogP contribution >= 0.6 is 0 Å². The third-order valence-corrected chi connectivity index (χ3v) is 4.74. The highest BCUT2D eigenvalue weighted by Gasteiger charge is 2.18. The second-order valence-electron chi connectivity index (χ2n) is 5.17. The van der Waals surface area contributed by atoms with E-state index in [1.54, 1.807) is 25.1 Å². The zero-order valence-corrected chi connectivity index (χ0v) is 13.8. The van der Waals surface area contributed by atoms with Crippen molar-refractivity contribution in [3.05, 3.63) is 47.9 Å². The number of anilines is 1. The van der Waals surface area contributed by atoms with Gasteiger partial charge in [-0.15, -0.1) is 0 Å². The van der Waals surface area contributed by atoms with Gasteiger partial charge in [-0.2, -0.15) is 0 Å². The van der Waals surface area contributed by atoms with E-state index >= 15 is 0 Å². The minimum absolute atomic E-state index is 0.113. The first kappa shape index (κ1) is 15.4. The van der Waals surface area contributed by atoms with Crippen LogP contribution in [-0.4, -0.2) is 20.5 Å². The Balaban J connectivity index is 2.01. The number of benzene rings is 2. The fourth-order valence-electron chi connectivity index (χ4n) is 2.29. The Morgan fingerprint density at radius 3 is 2.65 bits per heavy atom. The summed E-state index contributed by atoms with van der Waals surface area (Å²) in [4.78, 5) is 4.27. The molecule has 0 aliphatic heterocycles. The normalized spacial score (nSPS) is 11.6. The van der Waals surface area contributed by atoms with E-state index in [2.05, 4.69) is 9.71 Å². The lowest BCUT2D eigenvalue weighted by atomic mass is 10.2. The molecule has 0 atom stereocenters. The van der Waals surface area contributed by atoms with E-state index in [0.717, 1.165) is 5.56 Å². The number of oxazole rings is 1. The van der Waals surface area contributed by atoms with Crippen molar-refractivity contribution in [2.45, 2.75) is 18.7 Å². The first-order valence-corrected chi connectivity index (χ1v) is 8.42. The number of rotatable bonds is 4. The Hall–Kier alpha value is -2.54. The number of methoxy groups -OCH3 is 1. The summed E-state index contributed by atoms with van der Waals surface area (Å²) >= 11 is 0. The Labute approximate surface area is 134 Å². The standard InChI is InChI=1S/C16H16N2O4S/c1-10-4-6-15(21-3)14(8-10)18-23(19,20)12-5-7-16-13(9-12)17-11(2)22-16/h4-9,18H,1-3H3. The molecule has 1 N–H and O–H groups in total. The molecule has 120 valence electrons. The molecule has 6 nitrogen and oxygen atoms in total. The molecule has 0 fully saturated rings. The Bertz CT molecular complexity index is 977. The van der Waals surface area contributed by atoms with E-state index in [-0.39, 0.29) is 4.90 Å². The molecular weight excluding hydrogens is 316 g/mol. The Morgan fingerprint density at radius 2 is 1.91 bits per heavy atom. The summed E-state index contributed by atoms with van der Waals surface area (Å²) in [6, 6.07) is 9.85. The van der Waals surface area contributed by atoms with Gasteiger partial charge in [-0.05, 0) is 42.8 Å². The molecule has 3 aromatic rings. The third kappa shape index (κ3) is 3.00. The Morgan fingerprint density at radius 1 is 1.13 bits per heavy atom. The van der Waals surface area contributed by atoms with Crippen molar-refractivity contribution >= 4 is 26.8 Å². The molecule has 7 heteroatoms. The quantitative estimate of drug-likeness (QED) is 0.793. The molecule has 0 aliphatic rings. The summed E-state index contributed by atoms with van der Waals surface area (Å²) in [6.45, 7) is 3.59. The number of aromatic nitrogens is 1.